The second kappa shape index (κ2) is 6.81. The predicted octanol–water partition coefficient (Wildman–Crippen LogP) is 2.86. The van der Waals surface area contributed by atoms with Crippen molar-refractivity contribution in [2.45, 2.75) is 45.4 Å². The summed E-state index contributed by atoms with van der Waals surface area (Å²) in [5.41, 5.74) is 0.629. The van der Waals surface area contributed by atoms with E-state index in [2.05, 4.69) is 22.1 Å². The fraction of sp³-hybridized carbons (Fsp3) is 0.923. The third-order valence-electron chi connectivity index (χ3n) is 4.20. The first-order chi connectivity index (χ1) is 7.79. The molecule has 3 nitrogen and oxygen atoms in total. The monoisotopic (exact) mass is 351 g/mol. The Morgan fingerprint density at radius 2 is 1.94 bits per heavy atom. The summed E-state index contributed by atoms with van der Waals surface area (Å²) in [6, 6.07) is 0. The fourth-order valence-corrected chi connectivity index (χ4v) is 3.32. The molecule has 0 aromatic rings. The van der Waals surface area contributed by atoms with Crippen molar-refractivity contribution in [1.82, 2.24) is 10.2 Å². The van der Waals surface area contributed by atoms with Crippen LogP contribution in [0, 0.1) is 5.41 Å². The van der Waals surface area contributed by atoms with Gasteiger partial charge in [-0.1, -0.05) is 19.3 Å². The number of rotatable bonds is 1. The molecule has 1 saturated carbocycles. The number of hydrogen-bond acceptors (Lipinski definition) is 1. The number of nitrogens with one attached hydrogen (secondary N) is 1. The van der Waals surface area contributed by atoms with E-state index in [9.17, 15) is 0 Å². The number of hydrogen-bond donors (Lipinski definition) is 1. The number of nitrogens with zero attached hydrogens (tertiary/aromatic N) is 2. The predicted molar refractivity (Wildman–Crippen MR) is 84.2 cm³/mol. The molecule has 0 radical (unpaired) electrons. The van der Waals surface area contributed by atoms with E-state index in [0.717, 1.165) is 12.5 Å². The standard InChI is InChI=1S/C13H25N3.HI/c1-3-15-12(14-2)16-10-9-13(11-16)7-5-4-6-8-13;/h3-11H2,1-2H3,(H,14,15);1H. The van der Waals surface area contributed by atoms with E-state index in [1.54, 1.807) is 0 Å². The van der Waals surface area contributed by atoms with Gasteiger partial charge in [-0.15, -0.1) is 24.0 Å². The van der Waals surface area contributed by atoms with Crippen molar-refractivity contribution < 1.29 is 0 Å². The molecule has 4 heteroatoms. The van der Waals surface area contributed by atoms with E-state index in [-0.39, 0.29) is 24.0 Å². The Hall–Kier alpha value is 0. The fourth-order valence-electron chi connectivity index (χ4n) is 3.32. The minimum absolute atomic E-state index is 0. The normalized spacial score (nSPS) is 23.6. The van der Waals surface area contributed by atoms with Crippen molar-refractivity contribution >= 4 is 29.9 Å². The van der Waals surface area contributed by atoms with Gasteiger partial charge < -0.3 is 10.2 Å². The minimum Gasteiger partial charge on any atom is -0.357 e. The Bertz CT molecular complexity index is 259. The molecule has 1 saturated heterocycles. The SMILES string of the molecule is CCNC(=NC)N1CCC2(CCCCC2)C1.I. The highest BCUT2D eigenvalue weighted by Gasteiger charge is 2.39. The first-order valence-electron chi connectivity index (χ1n) is 6.75. The molecule has 1 spiro atoms. The molecule has 2 fully saturated rings. The lowest BCUT2D eigenvalue weighted by molar-refractivity contribution is 0.203. The molecule has 100 valence electrons. The number of guanidine groups is 1. The van der Waals surface area contributed by atoms with Gasteiger partial charge in [0.05, 0.1) is 0 Å². The average Bonchev–Trinajstić information content (AvgIpc) is 2.71. The van der Waals surface area contributed by atoms with Crippen molar-refractivity contribution in [2.24, 2.45) is 10.4 Å². The van der Waals surface area contributed by atoms with E-state index in [1.165, 1.54) is 51.6 Å². The van der Waals surface area contributed by atoms with Crippen LogP contribution in [0.5, 0.6) is 0 Å². The Kier molecular flexibility index (Phi) is 6.03. The van der Waals surface area contributed by atoms with Gasteiger partial charge in [0.15, 0.2) is 5.96 Å². The van der Waals surface area contributed by atoms with E-state index < -0.39 is 0 Å². The third kappa shape index (κ3) is 3.48. The highest BCUT2D eigenvalue weighted by atomic mass is 127. The topological polar surface area (TPSA) is 27.6 Å². The molecule has 0 aromatic carbocycles. The van der Waals surface area contributed by atoms with Crippen LogP contribution in [-0.4, -0.2) is 37.5 Å². The zero-order chi connectivity index (χ0) is 11.4. The van der Waals surface area contributed by atoms with Crippen molar-refractivity contribution in [3.8, 4) is 0 Å². The largest absolute Gasteiger partial charge is 0.357 e. The summed E-state index contributed by atoms with van der Waals surface area (Å²) in [7, 11) is 1.89. The molecule has 2 rings (SSSR count). The Morgan fingerprint density at radius 3 is 2.53 bits per heavy atom. The third-order valence-corrected chi connectivity index (χ3v) is 4.20. The summed E-state index contributed by atoms with van der Waals surface area (Å²) >= 11 is 0. The van der Waals surface area contributed by atoms with Gasteiger partial charge in [0.25, 0.3) is 0 Å². The maximum atomic E-state index is 4.37. The first-order valence-corrected chi connectivity index (χ1v) is 6.75. The molecule has 0 unspecified atom stereocenters. The van der Waals surface area contributed by atoms with Crippen molar-refractivity contribution in [1.29, 1.82) is 0 Å². The molecule has 0 bridgehead atoms. The molecule has 1 N–H and O–H groups in total. The van der Waals surface area contributed by atoms with Crippen LogP contribution in [-0.2, 0) is 0 Å². The van der Waals surface area contributed by atoms with Crippen molar-refractivity contribution in [3.05, 3.63) is 0 Å². The van der Waals surface area contributed by atoms with Gasteiger partial charge in [-0.05, 0) is 31.6 Å². The number of halogens is 1. The lowest BCUT2D eigenvalue weighted by Crippen LogP contribution is -2.41. The zero-order valence-corrected chi connectivity index (χ0v) is 13.5. The summed E-state index contributed by atoms with van der Waals surface area (Å²) in [5, 5.41) is 3.37. The molecule has 0 aromatic heterocycles. The summed E-state index contributed by atoms with van der Waals surface area (Å²) in [6.07, 6.45) is 8.57. The molecule has 17 heavy (non-hydrogen) atoms. The maximum absolute atomic E-state index is 4.37. The average molecular weight is 351 g/mol. The first kappa shape index (κ1) is 15.1. The van der Waals surface area contributed by atoms with Crippen LogP contribution in [0.3, 0.4) is 0 Å². The quantitative estimate of drug-likeness (QED) is 0.447. The van der Waals surface area contributed by atoms with Crippen molar-refractivity contribution in [2.75, 3.05) is 26.7 Å². The summed E-state index contributed by atoms with van der Waals surface area (Å²) in [4.78, 5) is 6.82. The van der Waals surface area contributed by atoms with Gasteiger partial charge in [-0.25, -0.2) is 0 Å². The zero-order valence-electron chi connectivity index (χ0n) is 11.2. The van der Waals surface area contributed by atoms with Gasteiger partial charge in [0.2, 0.25) is 0 Å². The van der Waals surface area contributed by atoms with E-state index in [1.807, 2.05) is 7.05 Å². The van der Waals surface area contributed by atoms with Gasteiger partial charge in [0, 0.05) is 26.7 Å². The Morgan fingerprint density at radius 1 is 1.24 bits per heavy atom. The second-order valence-corrected chi connectivity index (χ2v) is 5.31. The summed E-state index contributed by atoms with van der Waals surface area (Å²) in [5.74, 6) is 1.10. The number of likely N-dealkylation sites (tertiary alicyclic amines) is 1. The van der Waals surface area contributed by atoms with Gasteiger partial charge in [-0.2, -0.15) is 0 Å². The minimum atomic E-state index is 0. The highest BCUT2D eigenvalue weighted by molar-refractivity contribution is 14.0. The Labute approximate surface area is 122 Å². The van der Waals surface area contributed by atoms with Crippen LogP contribution in [0.15, 0.2) is 4.99 Å². The molecule has 1 aliphatic heterocycles. The molecular weight excluding hydrogens is 325 g/mol. The van der Waals surface area contributed by atoms with Gasteiger partial charge in [-0.3, -0.25) is 4.99 Å². The van der Waals surface area contributed by atoms with Crippen LogP contribution < -0.4 is 5.32 Å². The van der Waals surface area contributed by atoms with E-state index in [0.29, 0.717) is 5.41 Å². The number of aliphatic imine (C=N–C) groups is 1. The van der Waals surface area contributed by atoms with Crippen LogP contribution in [0.1, 0.15) is 45.4 Å². The van der Waals surface area contributed by atoms with E-state index >= 15 is 0 Å². The van der Waals surface area contributed by atoms with Crippen LogP contribution >= 0.6 is 24.0 Å². The molecule has 2 aliphatic rings. The van der Waals surface area contributed by atoms with Gasteiger partial charge in [0.1, 0.15) is 0 Å². The smallest absolute Gasteiger partial charge is 0.193 e. The van der Waals surface area contributed by atoms with Crippen LogP contribution in [0.4, 0.5) is 0 Å². The van der Waals surface area contributed by atoms with Gasteiger partial charge >= 0.3 is 0 Å². The molecule has 1 aliphatic carbocycles. The van der Waals surface area contributed by atoms with Crippen molar-refractivity contribution in [3.63, 3.8) is 0 Å². The van der Waals surface area contributed by atoms with Crippen LogP contribution in [0.25, 0.3) is 0 Å². The molecule has 1 heterocycles. The summed E-state index contributed by atoms with van der Waals surface area (Å²) < 4.78 is 0. The second-order valence-electron chi connectivity index (χ2n) is 5.31. The molecule has 0 atom stereocenters. The lowest BCUT2D eigenvalue weighted by atomic mass is 9.73. The van der Waals surface area contributed by atoms with Crippen LogP contribution in [0.2, 0.25) is 0 Å². The lowest BCUT2D eigenvalue weighted by Gasteiger charge is -2.33. The molecule has 0 amide bonds. The highest BCUT2D eigenvalue weighted by Crippen LogP contribution is 2.43. The molecular formula is C13H26IN3. The van der Waals surface area contributed by atoms with E-state index in [4.69, 9.17) is 0 Å². The summed E-state index contributed by atoms with van der Waals surface area (Å²) in [6.45, 7) is 5.53. The Balaban J connectivity index is 0.00000144. The maximum Gasteiger partial charge on any atom is 0.193 e.